The smallest absolute Gasteiger partial charge is 0.248 e. The molecule has 5 nitrogen and oxygen atoms in total. The van der Waals surface area contributed by atoms with Crippen LogP contribution in [0.2, 0.25) is 10.0 Å². The summed E-state index contributed by atoms with van der Waals surface area (Å²) >= 11 is 13.2. The van der Waals surface area contributed by atoms with Crippen LogP contribution in [0, 0.1) is 0 Å². The van der Waals surface area contributed by atoms with Gasteiger partial charge in [0.25, 0.3) is 0 Å². The molecule has 0 spiro atoms. The maximum absolute atomic E-state index is 11.6. The first-order valence-electron chi connectivity index (χ1n) is 6.87. The van der Waals surface area contributed by atoms with Crippen molar-refractivity contribution in [3.63, 3.8) is 0 Å². The van der Waals surface area contributed by atoms with Gasteiger partial charge in [0.05, 0.1) is 17.4 Å². The maximum Gasteiger partial charge on any atom is 0.248 e. The lowest BCUT2D eigenvalue weighted by Gasteiger charge is -2.09. The third-order valence-corrected chi connectivity index (χ3v) is 3.98. The van der Waals surface area contributed by atoms with Gasteiger partial charge in [-0.25, -0.2) is 0 Å². The third-order valence-electron chi connectivity index (χ3n) is 2.51. The van der Waals surface area contributed by atoms with E-state index in [9.17, 15) is 9.59 Å². The summed E-state index contributed by atoms with van der Waals surface area (Å²) in [4.78, 5) is 22.9. The summed E-state index contributed by atoms with van der Waals surface area (Å²) in [5.41, 5.74) is 4.70. The molecule has 23 heavy (non-hydrogen) atoms. The van der Waals surface area contributed by atoms with Gasteiger partial charge in [-0.15, -0.1) is 18.3 Å². The molecule has 0 bridgehead atoms. The Labute approximate surface area is 149 Å². The van der Waals surface area contributed by atoms with E-state index in [1.807, 2.05) is 0 Å². The maximum atomic E-state index is 11.6. The standard InChI is InChI=1S/C15H18Cl2N2O3S/c1-2-8-23-10-15(21)19-18-14(20)4-3-7-22-13-6-5-11(16)9-12(13)17/h2,5-6,9H,1,3-4,7-8,10H2,(H,18,20)(H,19,21). The molecule has 2 amide bonds. The van der Waals surface area contributed by atoms with Crippen molar-refractivity contribution in [2.75, 3.05) is 18.1 Å². The fourth-order valence-corrected chi connectivity index (χ4v) is 2.49. The van der Waals surface area contributed by atoms with Gasteiger partial charge in [-0.05, 0) is 24.6 Å². The predicted molar refractivity (Wildman–Crippen MR) is 95.0 cm³/mol. The number of halogens is 2. The molecule has 1 aromatic carbocycles. The predicted octanol–water partition coefficient (Wildman–Crippen LogP) is 3.22. The number of hydrogen-bond acceptors (Lipinski definition) is 4. The topological polar surface area (TPSA) is 67.4 Å². The van der Waals surface area contributed by atoms with Crippen LogP contribution in [0.25, 0.3) is 0 Å². The van der Waals surface area contributed by atoms with Gasteiger partial charge >= 0.3 is 0 Å². The average Bonchev–Trinajstić information content (AvgIpc) is 2.51. The molecule has 0 aromatic heterocycles. The molecule has 1 rings (SSSR count). The highest BCUT2D eigenvalue weighted by Crippen LogP contribution is 2.27. The second-order valence-corrected chi connectivity index (χ2v) is 6.30. The zero-order chi connectivity index (χ0) is 17.1. The molecule has 0 unspecified atom stereocenters. The minimum Gasteiger partial charge on any atom is -0.492 e. The first kappa shape index (κ1) is 19.7. The number of carbonyl (C=O) groups excluding carboxylic acids is 2. The van der Waals surface area contributed by atoms with E-state index in [0.717, 1.165) is 0 Å². The quantitative estimate of drug-likeness (QED) is 0.394. The highest BCUT2D eigenvalue weighted by Gasteiger charge is 2.06. The second-order valence-electron chi connectivity index (χ2n) is 4.43. The van der Waals surface area contributed by atoms with Crippen molar-refractivity contribution < 1.29 is 14.3 Å². The van der Waals surface area contributed by atoms with Crippen LogP contribution in [0.15, 0.2) is 30.9 Å². The Morgan fingerprint density at radius 3 is 2.70 bits per heavy atom. The Morgan fingerprint density at radius 1 is 1.26 bits per heavy atom. The first-order valence-corrected chi connectivity index (χ1v) is 8.78. The van der Waals surface area contributed by atoms with Crippen LogP contribution in [-0.2, 0) is 9.59 Å². The monoisotopic (exact) mass is 376 g/mol. The summed E-state index contributed by atoms with van der Waals surface area (Å²) < 4.78 is 5.46. The molecule has 0 aliphatic heterocycles. The van der Waals surface area contributed by atoms with Gasteiger partial charge in [-0.1, -0.05) is 29.3 Å². The molecule has 0 atom stereocenters. The van der Waals surface area contributed by atoms with Crippen LogP contribution >= 0.6 is 35.0 Å². The lowest BCUT2D eigenvalue weighted by molar-refractivity contribution is -0.127. The Bertz CT molecular complexity index is 556. The van der Waals surface area contributed by atoms with Crippen molar-refractivity contribution in [2.24, 2.45) is 0 Å². The molecule has 126 valence electrons. The lowest BCUT2D eigenvalue weighted by atomic mass is 10.3. The van der Waals surface area contributed by atoms with Crippen molar-refractivity contribution in [1.29, 1.82) is 0 Å². The normalized spacial score (nSPS) is 10.0. The van der Waals surface area contributed by atoms with Crippen LogP contribution in [0.3, 0.4) is 0 Å². The van der Waals surface area contributed by atoms with Crippen molar-refractivity contribution in [2.45, 2.75) is 12.8 Å². The van der Waals surface area contributed by atoms with E-state index >= 15 is 0 Å². The van der Waals surface area contributed by atoms with E-state index in [1.54, 1.807) is 24.3 Å². The number of thioether (sulfide) groups is 1. The van der Waals surface area contributed by atoms with Crippen LogP contribution in [-0.4, -0.2) is 29.9 Å². The van der Waals surface area contributed by atoms with Gasteiger partial charge in [0, 0.05) is 17.2 Å². The summed E-state index contributed by atoms with van der Waals surface area (Å²) in [5, 5.41) is 0.954. The zero-order valence-corrected chi connectivity index (χ0v) is 14.8. The molecule has 0 aliphatic rings. The summed E-state index contributed by atoms with van der Waals surface area (Å²) in [7, 11) is 0. The molecule has 0 fully saturated rings. The number of hydrazine groups is 1. The van der Waals surface area contributed by atoms with E-state index < -0.39 is 0 Å². The van der Waals surface area contributed by atoms with Crippen LogP contribution in [0.5, 0.6) is 5.75 Å². The average molecular weight is 377 g/mol. The fourth-order valence-electron chi connectivity index (χ4n) is 1.48. The molecule has 2 N–H and O–H groups in total. The van der Waals surface area contributed by atoms with Crippen molar-refractivity contribution in [3.05, 3.63) is 40.9 Å². The SMILES string of the molecule is C=CCSCC(=O)NNC(=O)CCCOc1ccc(Cl)cc1Cl. The van der Waals surface area contributed by atoms with Gasteiger partial charge in [-0.2, -0.15) is 0 Å². The molecule has 1 aromatic rings. The third kappa shape index (κ3) is 8.74. The summed E-state index contributed by atoms with van der Waals surface area (Å²) in [6.07, 6.45) is 2.43. The molecule has 8 heteroatoms. The minimum absolute atomic E-state index is 0.227. The van der Waals surface area contributed by atoms with Gasteiger partial charge in [0.15, 0.2) is 0 Å². The fraction of sp³-hybridized carbons (Fsp3) is 0.333. The van der Waals surface area contributed by atoms with Crippen LogP contribution < -0.4 is 15.6 Å². The zero-order valence-electron chi connectivity index (χ0n) is 12.4. The number of nitrogens with one attached hydrogen (secondary N) is 2. The Morgan fingerprint density at radius 2 is 2.00 bits per heavy atom. The molecule has 0 aliphatic carbocycles. The number of carbonyl (C=O) groups is 2. The largest absolute Gasteiger partial charge is 0.492 e. The van der Waals surface area contributed by atoms with E-state index in [1.165, 1.54) is 11.8 Å². The Kier molecular flexibility index (Phi) is 9.59. The second kappa shape index (κ2) is 11.2. The highest BCUT2D eigenvalue weighted by atomic mass is 35.5. The van der Waals surface area contributed by atoms with Crippen molar-refractivity contribution in [3.8, 4) is 5.75 Å². The van der Waals surface area contributed by atoms with E-state index in [2.05, 4.69) is 17.4 Å². The number of ether oxygens (including phenoxy) is 1. The number of amides is 2. The van der Waals surface area contributed by atoms with Crippen LogP contribution in [0.1, 0.15) is 12.8 Å². The first-order chi connectivity index (χ1) is 11.0. The minimum atomic E-state index is -0.280. The Balaban J connectivity index is 2.14. The van der Waals surface area contributed by atoms with E-state index in [0.29, 0.717) is 34.6 Å². The highest BCUT2D eigenvalue weighted by molar-refractivity contribution is 8.00. The van der Waals surface area contributed by atoms with Crippen molar-refractivity contribution in [1.82, 2.24) is 10.9 Å². The van der Waals surface area contributed by atoms with Gasteiger partial charge < -0.3 is 4.74 Å². The summed E-state index contributed by atoms with van der Waals surface area (Å²) in [6, 6.07) is 4.94. The van der Waals surface area contributed by atoms with Crippen molar-refractivity contribution >= 4 is 46.8 Å². The number of rotatable bonds is 9. The van der Waals surface area contributed by atoms with E-state index in [-0.39, 0.29) is 24.0 Å². The summed E-state index contributed by atoms with van der Waals surface area (Å²) in [5.74, 6) is 0.937. The molecule has 0 saturated carbocycles. The van der Waals surface area contributed by atoms with Crippen LogP contribution in [0.4, 0.5) is 0 Å². The number of benzene rings is 1. The molecular formula is C15H18Cl2N2O3S. The number of hydrogen-bond donors (Lipinski definition) is 2. The lowest BCUT2D eigenvalue weighted by Crippen LogP contribution is -2.42. The van der Waals surface area contributed by atoms with Gasteiger partial charge in [-0.3, -0.25) is 20.4 Å². The Hall–Kier alpha value is -1.37. The summed E-state index contributed by atoms with van der Waals surface area (Å²) in [6.45, 7) is 3.89. The van der Waals surface area contributed by atoms with Gasteiger partial charge in [0.1, 0.15) is 5.75 Å². The molecule has 0 heterocycles. The molecule has 0 saturated heterocycles. The molecular weight excluding hydrogens is 359 g/mol. The molecule has 0 radical (unpaired) electrons. The van der Waals surface area contributed by atoms with Gasteiger partial charge in [0.2, 0.25) is 11.8 Å². The van der Waals surface area contributed by atoms with E-state index in [4.69, 9.17) is 27.9 Å².